The molecule has 6 heteroatoms. The molecule has 0 aromatic heterocycles. The van der Waals surface area contributed by atoms with Gasteiger partial charge >= 0.3 is 0 Å². The fourth-order valence-corrected chi connectivity index (χ4v) is 7.19. The van der Waals surface area contributed by atoms with E-state index in [0.717, 1.165) is 25.3 Å². The summed E-state index contributed by atoms with van der Waals surface area (Å²) < 4.78 is 0. The highest BCUT2D eigenvalue weighted by Crippen LogP contribution is 2.49. The molecule has 0 amide bonds. The van der Waals surface area contributed by atoms with E-state index in [-0.39, 0.29) is 6.61 Å². The molecule has 3 aliphatic heterocycles. The summed E-state index contributed by atoms with van der Waals surface area (Å²) in [6, 6.07) is 17.2. The Balaban J connectivity index is 1.34. The van der Waals surface area contributed by atoms with Crippen molar-refractivity contribution in [2.75, 3.05) is 24.6 Å². The number of hydrogen-bond acceptors (Lipinski definition) is 6. The highest BCUT2D eigenvalue weighted by molar-refractivity contribution is 7.99. The number of likely N-dealkylation sites (tertiary alicyclic amines) is 1. The van der Waals surface area contributed by atoms with Crippen LogP contribution in [0.3, 0.4) is 0 Å². The van der Waals surface area contributed by atoms with E-state index in [0.29, 0.717) is 24.2 Å². The van der Waals surface area contributed by atoms with E-state index in [4.69, 9.17) is 4.99 Å². The summed E-state index contributed by atoms with van der Waals surface area (Å²) in [6.45, 7) is 4.62. The quantitative estimate of drug-likeness (QED) is 0.669. The number of aliphatic hydroxyl groups is 1. The van der Waals surface area contributed by atoms with Crippen molar-refractivity contribution in [3.63, 3.8) is 0 Å². The maximum Gasteiger partial charge on any atom is 0.128 e. The fourth-order valence-electron chi connectivity index (χ4n) is 6.14. The lowest BCUT2D eigenvalue weighted by Gasteiger charge is -2.39. The molecule has 5 nitrogen and oxygen atoms in total. The summed E-state index contributed by atoms with van der Waals surface area (Å²) in [6.07, 6.45) is 7.33. The molecular weight excluding hydrogens is 428 g/mol. The van der Waals surface area contributed by atoms with Crippen LogP contribution in [0.4, 0.5) is 11.4 Å². The van der Waals surface area contributed by atoms with Gasteiger partial charge in [-0.2, -0.15) is 0 Å². The van der Waals surface area contributed by atoms with Crippen LogP contribution in [0.15, 0.2) is 57.2 Å². The lowest BCUT2D eigenvalue weighted by Crippen LogP contribution is -2.44. The van der Waals surface area contributed by atoms with Crippen molar-refractivity contribution in [3.8, 4) is 0 Å². The SMILES string of the molecule is CC(CN1CCC[C@@H]1CO)N1c2ccccc2Sc2ccc(C3=NC4CCCCC4N3)cc21. The number of aliphatic imine (C=N–C) groups is 1. The van der Waals surface area contributed by atoms with E-state index in [1.165, 1.54) is 58.8 Å². The minimum absolute atomic E-state index is 0.258. The zero-order valence-electron chi connectivity index (χ0n) is 19.4. The molecule has 1 aliphatic carbocycles. The Bertz CT molecular complexity index is 1060. The van der Waals surface area contributed by atoms with Gasteiger partial charge in [-0.25, -0.2) is 0 Å². The Labute approximate surface area is 201 Å². The van der Waals surface area contributed by atoms with Gasteiger partial charge in [-0.1, -0.05) is 42.8 Å². The minimum Gasteiger partial charge on any atom is -0.395 e. The number of nitrogens with one attached hydrogen (secondary N) is 1. The van der Waals surface area contributed by atoms with Crippen LogP contribution in [-0.2, 0) is 0 Å². The molecule has 1 saturated heterocycles. The number of amidine groups is 1. The van der Waals surface area contributed by atoms with Crippen molar-refractivity contribution in [2.45, 2.75) is 79.4 Å². The van der Waals surface area contributed by atoms with Gasteiger partial charge in [0.05, 0.1) is 24.0 Å². The highest BCUT2D eigenvalue weighted by Gasteiger charge is 2.34. The molecule has 0 bridgehead atoms. The first-order valence-corrected chi connectivity index (χ1v) is 13.4. The van der Waals surface area contributed by atoms with Crippen LogP contribution in [-0.4, -0.2) is 59.7 Å². The van der Waals surface area contributed by atoms with Gasteiger partial charge in [-0.15, -0.1) is 0 Å². The van der Waals surface area contributed by atoms with Gasteiger partial charge in [0.25, 0.3) is 0 Å². The Hall–Kier alpha value is -2.02. The molecule has 1 saturated carbocycles. The molecule has 2 fully saturated rings. The number of para-hydroxylation sites is 1. The first kappa shape index (κ1) is 21.5. The third-order valence-electron chi connectivity index (χ3n) is 7.83. The van der Waals surface area contributed by atoms with Gasteiger partial charge in [-0.3, -0.25) is 9.89 Å². The minimum atomic E-state index is 0.258. The second kappa shape index (κ2) is 8.97. The van der Waals surface area contributed by atoms with Crippen LogP contribution in [0.5, 0.6) is 0 Å². The number of aliphatic hydroxyl groups excluding tert-OH is 1. The number of anilines is 2. The zero-order chi connectivity index (χ0) is 22.4. The van der Waals surface area contributed by atoms with Crippen LogP contribution >= 0.6 is 11.8 Å². The maximum atomic E-state index is 9.84. The third-order valence-corrected chi connectivity index (χ3v) is 8.96. The summed E-state index contributed by atoms with van der Waals surface area (Å²) in [5.41, 5.74) is 3.77. The Kier molecular flexibility index (Phi) is 5.85. The third kappa shape index (κ3) is 3.96. The molecule has 6 rings (SSSR count). The largest absolute Gasteiger partial charge is 0.395 e. The smallest absolute Gasteiger partial charge is 0.128 e. The summed E-state index contributed by atoms with van der Waals surface area (Å²) in [4.78, 5) is 12.7. The Morgan fingerprint density at radius 3 is 2.79 bits per heavy atom. The second-order valence-corrected chi connectivity index (χ2v) is 11.1. The average molecular weight is 463 g/mol. The summed E-state index contributed by atoms with van der Waals surface area (Å²) >= 11 is 1.87. The molecule has 2 N–H and O–H groups in total. The first-order valence-electron chi connectivity index (χ1n) is 12.6. The van der Waals surface area contributed by atoms with Crippen molar-refractivity contribution in [3.05, 3.63) is 48.0 Å². The van der Waals surface area contributed by atoms with Crippen molar-refractivity contribution >= 4 is 29.0 Å². The lowest BCUT2D eigenvalue weighted by molar-refractivity contribution is 0.154. The van der Waals surface area contributed by atoms with Crippen molar-refractivity contribution in [1.29, 1.82) is 0 Å². The standard InChI is InChI=1S/C27H34N4OS/c1-18(16-30-14-6-7-20(30)17-32)31-23-10-4-5-11-25(23)33-26-13-12-19(15-24(26)31)27-28-21-8-2-3-9-22(21)29-27/h4-5,10-13,15,18,20-22,32H,2-3,6-9,14,16-17H2,1H3,(H,28,29)/t18?,20-,21?,22?/m1/s1. The summed E-state index contributed by atoms with van der Waals surface area (Å²) in [5.74, 6) is 1.08. The van der Waals surface area contributed by atoms with E-state index in [9.17, 15) is 5.11 Å². The van der Waals surface area contributed by atoms with Gasteiger partial charge < -0.3 is 15.3 Å². The Morgan fingerprint density at radius 2 is 1.91 bits per heavy atom. The molecular formula is C27H34N4OS. The zero-order valence-corrected chi connectivity index (χ0v) is 20.2. The predicted molar refractivity (Wildman–Crippen MR) is 136 cm³/mol. The number of hydrogen-bond donors (Lipinski definition) is 2. The van der Waals surface area contributed by atoms with Crippen molar-refractivity contribution < 1.29 is 5.11 Å². The predicted octanol–water partition coefficient (Wildman–Crippen LogP) is 4.80. The molecule has 174 valence electrons. The molecule has 3 heterocycles. The molecule has 4 aliphatic rings. The van der Waals surface area contributed by atoms with Crippen LogP contribution in [0, 0.1) is 0 Å². The summed E-state index contributed by atoms with van der Waals surface area (Å²) in [7, 11) is 0. The van der Waals surface area contributed by atoms with Crippen molar-refractivity contribution in [2.24, 2.45) is 4.99 Å². The molecule has 0 spiro atoms. The molecule has 3 unspecified atom stereocenters. The van der Waals surface area contributed by atoms with Gasteiger partial charge in [0.1, 0.15) is 5.84 Å². The molecule has 33 heavy (non-hydrogen) atoms. The van der Waals surface area contributed by atoms with E-state index in [1.54, 1.807) is 0 Å². The van der Waals surface area contributed by atoms with Crippen LogP contribution in [0.2, 0.25) is 0 Å². The highest BCUT2D eigenvalue weighted by atomic mass is 32.2. The number of rotatable bonds is 5. The second-order valence-electron chi connectivity index (χ2n) is 10.0. The van der Waals surface area contributed by atoms with E-state index < -0.39 is 0 Å². The first-order chi connectivity index (χ1) is 16.2. The topological polar surface area (TPSA) is 51.1 Å². The van der Waals surface area contributed by atoms with Gasteiger partial charge in [0.2, 0.25) is 0 Å². The average Bonchev–Trinajstić information content (AvgIpc) is 3.48. The van der Waals surface area contributed by atoms with Gasteiger partial charge in [0.15, 0.2) is 0 Å². The van der Waals surface area contributed by atoms with Gasteiger partial charge in [0, 0.05) is 40.0 Å². The monoisotopic (exact) mass is 462 g/mol. The van der Waals surface area contributed by atoms with Crippen molar-refractivity contribution in [1.82, 2.24) is 10.2 Å². The number of nitrogens with zero attached hydrogens (tertiary/aromatic N) is 3. The van der Waals surface area contributed by atoms with Crippen LogP contribution in [0.1, 0.15) is 51.0 Å². The molecule has 4 atom stereocenters. The fraction of sp³-hybridized carbons (Fsp3) is 0.519. The normalized spacial score (nSPS) is 27.4. The maximum absolute atomic E-state index is 9.84. The van der Waals surface area contributed by atoms with E-state index in [1.807, 2.05) is 11.8 Å². The summed E-state index contributed by atoms with van der Waals surface area (Å²) in [5, 5.41) is 13.6. The number of fused-ring (bicyclic) bond motifs is 3. The van der Waals surface area contributed by atoms with E-state index in [2.05, 4.69) is 64.5 Å². The molecule has 2 aromatic rings. The molecule has 2 aromatic carbocycles. The van der Waals surface area contributed by atoms with Gasteiger partial charge in [-0.05, 0) is 63.4 Å². The van der Waals surface area contributed by atoms with Crippen LogP contribution in [0.25, 0.3) is 0 Å². The van der Waals surface area contributed by atoms with Crippen LogP contribution < -0.4 is 10.2 Å². The van der Waals surface area contributed by atoms with E-state index >= 15 is 0 Å². The lowest BCUT2D eigenvalue weighted by atomic mass is 9.92. The Morgan fingerprint density at radius 1 is 1.06 bits per heavy atom. The number of benzene rings is 2. The molecule has 0 radical (unpaired) electrons.